The normalized spacial score (nSPS) is 17.8. The van der Waals surface area contributed by atoms with Crippen LogP contribution in [0.3, 0.4) is 0 Å². The molecule has 3 heteroatoms. The number of likely N-dealkylation sites (N-methyl/N-ethyl adjacent to an activating group) is 1. The van der Waals surface area contributed by atoms with Gasteiger partial charge in [0.25, 0.3) is 0 Å². The average Bonchev–Trinajstić information content (AvgIpc) is 2.83. The van der Waals surface area contributed by atoms with Crippen LogP contribution in [0.1, 0.15) is 26.7 Å². The van der Waals surface area contributed by atoms with Gasteiger partial charge in [0.2, 0.25) is 0 Å². The maximum atomic E-state index is 8.80. The van der Waals surface area contributed by atoms with E-state index in [1.165, 1.54) is 12.8 Å². The van der Waals surface area contributed by atoms with Crippen molar-refractivity contribution in [1.82, 2.24) is 10.2 Å². The summed E-state index contributed by atoms with van der Waals surface area (Å²) in [6, 6.07) is 0.789. The van der Waals surface area contributed by atoms with Crippen molar-refractivity contribution >= 4 is 0 Å². The summed E-state index contributed by atoms with van der Waals surface area (Å²) < 4.78 is 0. The molecule has 1 saturated carbocycles. The van der Waals surface area contributed by atoms with Crippen LogP contribution in [-0.4, -0.2) is 49.3 Å². The Balaban J connectivity index is 2.16. The molecule has 0 saturated heterocycles. The monoisotopic (exact) mass is 200 g/mol. The van der Waals surface area contributed by atoms with E-state index in [2.05, 4.69) is 31.1 Å². The lowest BCUT2D eigenvalue weighted by molar-refractivity contribution is 0.166. The van der Waals surface area contributed by atoms with Gasteiger partial charge in [-0.2, -0.15) is 0 Å². The number of hydrogen-bond donors (Lipinski definition) is 2. The molecule has 0 aromatic rings. The molecule has 0 bridgehead atoms. The largest absolute Gasteiger partial charge is 0.395 e. The second kappa shape index (κ2) is 5.10. The van der Waals surface area contributed by atoms with Crippen LogP contribution in [-0.2, 0) is 0 Å². The Morgan fingerprint density at radius 2 is 2.07 bits per heavy atom. The van der Waals surface area contributed by atoms with Gasteiger partial charge in [0, 0.05) is 25.7 Å². The van der Waals surface area contributed by atoms with Crippen molar-refractivity contribution in [2.45, 2.75) is 32.7 Å². The highest BCUT2D eigenvalue weighted by Gasteiger charge is 2.25. The van der Waals surface area contributed by atoms with E-state index in [1.807, 2.05) is 0 Å². The van der Waals surface area contributed by atoms with Gasteiger partial charge in [-0.3, -0.25) is 0 Å². The molecule has 1 rings (SSSR count). The molecule has 14 heavy (non-hydrogen) atoms. The Labute approximate surface area is 87.5 Å². The highest BCUT2D eigenvalue weighted by Crippen LogP contribution is 2.22. The van der Waals surface area contributed by atoms with Crippen molar-refractivity contribution in [2.75, 3.05) is 33.3 Å². The first-order valence-electron chi connectivity index (χ1n) is 5.56. The highest BCUT2D eigenvalue weighted by atomic mass is 16.3. The van der Waals surface area contributed by atoms with E-state index in [-0.39, 0.29) is 6.61 Å². The zero-order valence-corrected chi connectivity index (χ0v) is 9.71. The molecule has 0 atom stereocenters. The Kier molecular flexibility index (Phi) is 4.35. The molecule has 0 radical (unpaired) electrons. The molecule has 0 unspecified atom stereocenters. The van der Waals surface area contributed by atoms with Crippen LogP contribution in [0.15, 0.2) is 0 Å². The zero-order chi connectivity index (χ0) is 10.6. The molecular formula is C11H24N2O. The Hall–Kier alpha value is -0.120. The third-order valence-corrected chi connectivity index (χ3v) is 2.63. The summed E-state index contributed by atoms with van der Waals surface area (Å²) >= 11 is 0. The maximum absolute atomic E-state index is 8.80. The third kappa shape index (κ3) is 4.94. The minimum Gasteiger partial charge on any atom is -0.395 e. The minimum atomic E-state index is 0.253. The smallest absolute Gasteiger partial charge is 0.0558 e. The predicted molar refractivity (Wildman–Crippen MR) is 59.4 cm³/mol. The molecule has 0 aromatic carbocycles. The molecule has 2 N–H and O–H groups in total. The van der Waals surface area contributed by atoms with Crippen molar-refractivity contribution in [2.24, 2.45) is 5.41 Å². The van der Waals surface area contributed by atoms with Crippen molar-refractivity contribution in [3.8, 4) is 0 Å². The summed E-state index contributed by atoms with van der Waals surface area (Å²) in [7, 11) is 2.06. The van der Waals surface area contributed by atoms with E-state index in [0.29, 0.717) is 5.41 Å². The van der Waals surface area contributed by atoms with Crippen LogP contribution in [0, 0.1) is 5.41 Å². The third-order valence-electron chi connectivity index (χ3n) is 2.63. The van der Waals surface area contributed by atoms with Crippen molar-refractivity contribution in [1.29, 1.82) is 0 Å². The molecule has 0 spiro atoms. The molecule has 0 amide bonds. The van der Waals surface area contributed by atoms with E-state index < -0.39 is 0 Å². The summed E-state index contributed by atoms with van der Waals surface area (Å²) in [5, 5.41) is 12.4. The quantitative estimate of drug-likeness (QED) is 0.634. The molecule has 1 aliphatic carbocycles. The second-order valence-electron chi connectivity index (χ2n) is 5.28. The van der Waals surface area contributed by atoms with Crippen LogP contribution >= 0.6 is 0 Å². The van der Waals surface area contributed by atoms with Gasteiger partial charge in [0.05, 0.1) is 6.61 Å². The zero-order valence-electron chi connectivity index (χ0n) is 9.71. The molecule has 1 fully saturated rings. The van der Waals surface area contributed by atoms with Crippen molar-refractivity contribution < 1.29 is 5.11 Å². The first-order chi connectivity index (χ1) is 6.53. The van der Waals surface area contributed by atoms with Gasteiger partial charge in [-0.1, -0.05) is 13.8 Å². The van der Waals surface area contributed by atoms with Gasteiger partial charge in [0.15, 0.2) is 0 Å². The molecule has 84 valence electrons. The van der Waals surface area contributed by atoms with E-state index in [9.17, 15) is 0 Å². The molecule has 0 aromatic heterocycles. The lowest BCUT2D eigenvalue weighted by atomic mass is 9.93. The first-order valence-corrected chi connectivity index (χ1v) is 5.56. The second-order valence-corrected chi connectivity index (χ2v) is 5.28. The van der Waals surface area contributed by atoms with E-state index >= 15 is 0 Å². The molecule has 0 heterocycles. The number of aliphatic hydroxyl groups excluding tert-OH is 1. The van der Waals surface area contributed by atoms with Crippen molar-refractivity contribution in [3.05, 3.63) is 0 Å². The Morgan fingerprint density at radius 3 is 2.57 bits per heavy atom. The fourth-order valence-electron chi connectivity index (χ4n) is 1.74. The Bertz CT molecular complexity index is 167. The number of nitrogens with zero attached hydrogens (tertiary/aromatic N) is 1. The van der Waals surface area contributed by atoms with E-state index in [4.69, 9.17) is 5.11 Å². The van der Waals surface area contributed by atoms with Gasteiger partial charge in [0.1, 0.15) is 0 Å². The van der Waals surface area contributed by atoms with Gasteiger partial charge < -0.3 is 15.3 Å². The molecule has 0 aliphatic heterocycles. The van der Waals surface area contributed by atoms with Crippen LogP contribution in [0.25, 0.3) is 0 Å². The van der Waals surface area contributed by atoms with E-state index in [0.717, 1.165) is 25.7 Å². The summed E-state index contributed by atoms with van der Waals surface area (Å²) in [5.41, 5.74) is 0.298. The standard InChI is InChI=1S/C11H24N2O/c1-11(2,8-12-10-4-5-10)9-13(3)6-7-14/h10,12,14H,4-9H2,1-3H3. The summed E-state index contributed by atoms with van der Waals surface area (Å²) in [4.78, 5) is 2.19. The highest BCUT2D eigenvalue weighted by molar-refractivity contribution is 4.84. The van der Waals surface area contributed by atoms with Gasteiger partial charge in [-0.15, -0.1) is 0 Å². The van der Waals surface area contributed by atoms with E-state index in [1.54, 1.807) is 0 Å². The minimum absolute atomic E-state index is 0.253. The number of rotatable bonds is 7. The lowest BCUT2D eigenvalue weighted by Crippen LogP contribution is -2.40. The van der Waals surface area contributed by atoms with Crippen LogP contribution in [0.5, 0.6) is 0 Å². The predicted octanol–water partition coefficient (Wildman–Crippen LogP) is 0.689. The van der Waals surface area contributed by atoms with Gasteiger partial charge >= 0.3 is 0 Å². The van der Waals surface area contributed by atoms with Gasteiger partial charge in [-0.25, -0.2) is 0 Å². The van der Waals surface area contributed by atoms with Crippen LogP contribution < -0.4 is 5.32 Å². The number of hydrogen-bond acceptors (Lipinski definition) is 3. The maximum Gasteiger partial charge on any atom is 0.0558 e. The molecule has 1 aliphatic rings. The Morgan fingerprint density at radius 1 is 1.43 bits per heavy atom. The fraction of sp³-hybridized carbons (Fsp3) is 1.00. The van der Waals surface area contributed by atoms with Crippen LogP contribution in [0.2, 0.25) is 0 Å². The molecule has 3 nitrogen and oxygen atoms in total. The first kappa shape index (κ1) is 12.0. The van der Waals surface area contributed by atoms with Crippen molar-refractivity contribution in [3.63, 3.8) is 0 Å². The van der Waals surface area contributed by atoms with Crippen LogP contribution in [0.4, 0.5) is 0 Å². The number of nitrogens with one attached hydrogen (secondary N) is 1. The number of aliphatic hydroxyl groups is 1. The summed E-state index contributed by atoms with van der Waals surface area (Å²) in [6.07, 6.45) is 2.70. The summed E-state index contributed by atoms with van der Waals surface area (Å²) in [6.45, 7) is 7.68. The lowest BCUT2D eigenvalue weighted by Gasteiger charge is -2.30. The molecular weight excluding hydrogens is 176 g/mol. The van der Waals surface area contributed by atoms with Gasteiger partial charge in [-0.05, 0) is 25.3 Å². The fourth-order valence-corrected chi connectivity index (χ4v) is 1.74. The SMILES string of the molecule is CN(CCO)CC(C)(C)CNC1CC1. The average molecular weight is 200 g/mol. The topological polar surface area (TPSA) is 35.5 Å². The summed E-state index contributed by atoms with van der Waals surface area (Å²) in [5.74, 6) is 0.